The van der Waals surface area contributed by atoms with Crippen molar-refractivity contribution in [2.24, 2.45) is 0 Å². The smallest absolute Gasteiger partial charge is 0.131 e. The van der Waals surface area contributed by atoms with Crippen LogP contribution in [0.25, 0.3) is 0 Å². The Balaban J connectivity index is 1.97. The molecular formula is C12H15N5. The summed E-state index contributed by atoms with van der Waals surface area (Å²) in [6.07, 6.45) is 3.32. The maximum atomic E-state index is 4.23. The maximum Gasteiger partial charge on any atom is 0.131 e. The molecule has 2 heterocycles. The molecule has 0 unspecified atom stereocenters. The predicted octanol–water partition coefficient (Wildman–Crippen LogP) is 1.92. The lowest BCUT2D eigenvalue weighted by atomic mass is 10.3. The summed E-state index contributed by atoms with van der Waals surface area (Å²) in [6, 6.07) is 7.72. The Labute approximate surface area is 100 Å². The molecule has 5 heteroatoms. The van der Waals surface area contributed by atoms with Crippen molar-refractivity contribution in [3.05, 3.63) is 42.5 Å². The van der Waals surface area contributed by atoms with Gasteiger partial charge in [0.1, 0.15) is 18.0 Å². The van der Waals surface area contributed by atoms with Crippen LogP contribution in [-0.4, -0.2) is 21.5 Å². The quantitative estimate of drug-likeness (QED) is 0.820. The fourth-order valence-electron chi connectivity index (χ4n) is 1.42. The highest BCUT2D eigenvalue weighted by atomic mass is 15.1. The average molecular weight is 229 g/mol. The molecule has 0 fully saturated rings. The van der Waals surface area contributed by atoms with Gasteiger partial charge in [-0.1, -0.05) is 6.07 Å². The number of nitrogens with zero attached hydrogens (tertiary/aromatic N) is 3. The number of rotatable bonds is 5. The molecule has 0 atom stereocenters. The highest BCUT2D eigenvalue weighted by molar-refractivity contribution is 5.46. The van der Waals surface area contributed by atoms with Crippen LogP contribution in [0.1, 0.15) is 12.6 Å². The molecule has 0 aliphatic rings. The maximum absolute atomic E-state index is 4.23. The first-order valence-electron chi connectivity index (χ1n) is 5.58. The molecule has 0 aliphatic carbocycles. The van der Waals surface area contributed by atoms with Crippen LogP contribution < -0.4 is 10.6 Å². The van der Waals surface area contributed by atoms with Gasteiger partial charge in [0.2, 0.25) is 0 Å². The summed E-state index contributed by atoms with van der Waals surface area (Å²) < 4.78 is 0. The van der Waals surface area contributed by atoms with E-state index >= 15 is 0 Å². The van der Waals surface area contributed by atoms with Gasteiger partial charge in [-0.05, 0) is 19.1 Å². The van der Waals surface area contributed by atoms with E-state index in [9.17, 15) is 0 Å². The first kappa shape index (κ1) is 11.3. The van der Waals surface area contributed by atoms with E-state index in [2.05, 4.69) is 25.6 Å². The van der Waals surface area contributed by atoms with Crippen LogP contribution in [0.5, 0.6) is 0 Å². The average Bonchev–Trinajstić information content (AvgIpc) is 2.39. The van der Waals surface area contributed by atoms with Crippen LogP contribution in [0.2, 0.25) is 0 Å². The molecule has 2 aromatic heterocycles. The highest BCUT2D eigenvalue weighted by Gasteiger charge is 1.98. The fraction of sp³-hybridized carbons (Fsp3) is 0.250. The van der Waals surface area contributed by atoms with Gasteiger partial charge in [-0.25, -0.2) is 9.97 Å². The molecule has 0 amide bonds. The summed E-state index contributed by atoms with van der Waals surface area (Å²) in [4.78, 5) is 12.5. The van der Waals surface area contributed by atoms with Crippen molar-refractivity contribution in [3.8, 4) is 0 Å². The van der Waals surface area contributed by atoms with E-state index in [0.29, 0.717) is 6.54 Å². The summed E-state index contributed by atoms with van der Waals surface area (Å²) in [5.41, 5.74) is 0.983. The molecular weight excluding hydrogens is 214 g/mol. The number of hydrogen-bond donors (Lipinski definition) is 2. The minimum atomic E-state index is 0.656. The van der Waals surface area contributed by atoms with Crippen molar-refractivity contribution in [1.29, 1.82) is 0 Å². The topological polar surface area (TPSA) is 62.7 Å². The number of anilines is 2. The Morgan fingerprint density at radius 3 is 2.59 bits per heavy atom. The first-order valence-corrected chi connectivity index (χ1v) is 5.58. The molecule has 2 rings (SSSR count). The second kappa shape index (κ2) is 5.79. The zero-order chi connectivity index (χ0) is 11.9. The van der Waals surface area contributed by atoms with E-state index in [-0.39, 0.29) is 0 Å². The molecule has 0 aromatic carbocycles. The van der Waals surface area contributed by atoms with E-state index < -0.39 is 0 Å². The van der Waals surface area contributed by atoms with Crippen molar-refractivity contribution in [3.63, 3.8) is 0 Å². The van der Waals surface area contributed by atoms with Gasteiger partial charge in [-0.3, -0.25) is 4.98 Å². The van der Waals surface area contributed by atoms with Crippen LogP contribution in [-0.2, 0) is 6.54 Å². The molecule has 0 saturated heterocycles. The fourth-order valence-corrected chi connectivity index (χ4v) is 1.42. The molecule has 2 aromatic rings. The van der Waals surface area contributed by atoms with Gasteiger partial charge in [0, 0.05) is 18.8 Å². The minimum absolute atomic E-state index is 0.656. The van der Waals surface area contributed by atoms with Gasteiger partial charge < -0.3 is 10.6 Å². The van der Waals surface area contributed by atoms with Crippen LogP contribution in [0.15, 0.2) is 36.8 Å². The summed E-state index contributed by atoms with van der Waals surface area (Å²) in [5.74, 6) is 1.62. The van der Waals surface area contributed by atoms with Crippen LogP contribution in [0.4, 0.5) is 11.6 Å². The number of pyridine rings is 1. The van der Waals surface area contributed by atoms with E-state index in [4.69, 9.17) is 0 Å². The second-order valence-corrected chi connectivity index (χ2v) is 3.49. The summed E-state index contributed by atoms with van der Waals surface area (Å²) >= 11 is 0. The number of aromatic nitrogens is 3. The SMILES string of the molecule is CCNc1cc(NCc2ccccn2)ncn1. The normalized spacial score (nSPS) is 9.94. The largest absolute Gasteiger partial charge is 0.370 e. The zero-order valence-corrected chi connectivity index (χ0v) is 9.72. The third-order valence-corrected chi connectivity index (χ3v) is 2.20. The van der Waals surface area contributed by atoms with Crippen molar-refractivity contribution < 1.29 is 0 Å². The molecule has 2 N–H and O–H groups in total. The Hall–Kier alpha value is -2.17. The van der Waals surface area contributed by atoms with Crippen LogP contribution in [0.3, 0.4) is 0 Å². The molecule has 0 saturated carbocycles. The lowest BCUT2D eigenvalue weighted by molar-refractivity contribution is 1.02. The van der Waals surface area contributed by atoms with Gasteiger partial charge in [0.15, 0.2) is 0 Å². The molecule has 0 radical (unpaired) electrons. The lowest BCUT2D eigenvalue weighted by Gasteiger charge is -2.06. The van der Waals surface area contributed by atoms with E-state index in [1.165, 1.54) is 0 Å². The van der Waals surface area contributed by atoms with Gasteiger partial charge in [0.25, 0.3) is 0 Å². The minimum Gasteiger partial charge on any atom is -0.370 e. The van der Waals surface area contributed by atoms with Crippen molar-refractivity contribution in [2.75, 3.05) is 17.2 Å². The Morgan fingerprint density at radius 1 is 1.06 bits per heavy atom. The molecule has 88 valence electrons. The van der Waals surface area contributed by atoms with Gasteiger partial charge >= 0.3 is 0 Å². The lowest BCUT2D eigenvalue weighted by Crippen LogP contribution is -2.05. The molecule has 0 spiro atoms. The van der Waals surface area contributed by atoms with Crippen molar-refractivity contribution in [2.45, 2.75) is 13.5 Å². The van der Waals surface area contributed by atoms with Crippen molar-refractivity contribution >= 4 is 11.6 Å². The van der Waals surface area contributed by atoms with Crippen molar-refractivity contribution in [1.82, 2.24) is 15.0 Å². The molecule has 0 bridgehead atoms. The third kappa shape index (κ3) is 3.41. The predicted molar refractivity (Wildman–Crippen MR) is 67.8 cm³/mol. The second-order valence-electron chi connectivity index (χ2n) is 3.49. The zero-order valence-electron chi connectivity index (χ0n) is 9.72. The molecule has 17 heavy (non-hydrogen) atoms. The monoisotopic (exact) mass is 229 g/mol. The van der Waals surface area contributed by atoms with Crippen LogP contribution >= 0.6 is 0 Å². The van der Waals surface area contributed by atoms with Gasteiger partial charge in [0.05, 0.1) is 12.2 Å². The van der Waals surface area contributed by atoms with E-state index in [1.54, 1.807) is 12.5 Å². The van der Waals surface area contributed by atoms with E-state index in [0.717, 1.165) is 23.9 Å². The third-order valence-electron chi connectivity index (χ3n) is 2.20. The summed E-state index contributed by atoms with van der Waals surface area (Å²) in [7, 11) is 0. The summed E-state index contributed by atoms with van der Waals surface area (Å²) in [5, 5.41) is 6.35. The Kier molecular flexibility index (Phi) is 3.85. The Morgan fingerprint density at radius 2 is 1.88 bits per heavy atom. The van der Waals surface area contributed by atoms with E-state index in [1.807, 2.05) is 31.2 Å². The number of hydrogen-bond acceptors (Lipinski definition) is 5. The summed E-state index contributed by atoms with van der Waals surface area (Å²) in [6.45, 7) is 3.53. The van der Waals surface area contributed by atoms with Crippen LogP contribution in [0, 0.1) is 0 Å². The number of nitrogens with one attached hydrogen (secondary N) is 2. The first-order chi connectivity index (χ1) is 8.38. The molecule has 5 nitrogen and oxygen atoms in total. The standard InChI is InChI=1S/C12H15N5/c1-2-13-11-7-12(17-9-16-11)15-8-10-5-3-4-6-14-10/h3-7,9H,2,8H2,1H3,(H2,13,15,16,17). The van der Waals surface area contributed by atoms with Gasteiger partial charge in [-0.15, -0.1) is 0 Å². The highest BCUT2D eigenvalue weighted by Crippen LogP contribution is 2.09. The molecule has 0 aliphatic heterocycles. The Bertz CT molecular complexity index is 457. The van der Waals surface area contributed by atoms with Gasteiger partial charge in [-0.2, -0.15) is 0 Å².